The van der Waals surface area contributed by atoms with Crippen LogP contribution in [0.15, 0.2) is 48.8 Å². The maximum Gasteiger partial charge on any atom is 0.138 e. The topological polar surface area (TPSA) is 50.9 Å². The average molecular weight is 267 g/mol. The molecule has 0 radical (unpaired) electrons. The largest absolute Gasteiger partial charge is 0.392 e. The Labute approximate surface area is 117 Å². The number of nitrogens with zero attached hydrogens (tertiary/aromatic N) is 3. The molecule has 1 atom stereocenters. The smallest absolute Gasteiger partial charge is 0.138 e. The molecule has 0 amide bonds. The van der Waals surface area contributed by atoms with Crippen LogP contribution >= 0.6 is 0 Å². The van der Waals surface area contributed by atoms with E-state index < -0.39 is 6.10 Å². The van der Waals surface area contributed by atoms with Crippen molar-refractivity contribution in [2.45, 2.75) is 18.9 Å². The third kappa shape index (κ3) is 2.56. The lowest BCUT2D eigenvalue weighted by atomic mass is 9.99. The van der Waals surface area contributed by atoms with Crippen LogP contribution in [0.5, 0.6) is 0 Å². The average Bonchev–Trinajstić information content (AvgIpc) is 2.85. The van der Waals surface area contributed by atoms with E-state index in [0.717, 1.165) is 11.4 Å². The fourth-order valence-electron chi connectivity index (χ4n) is 2.51. The minimum atomic E-state index is -0.455. The number of hydrogen-bond acceptors (Lipinski definition) is 3. The summed E-state index contributed by atoms with van der Waals surface area (Å²) in [6.45, 7) is 0. The van der Waals surface area contributed by atoms with Gasteiger partial charge in [0.2, 0.25) is 0 Å². The highest BCUT2D eigenvalue weighted by molar-refractivity contribution is 5.85. The second-order valence-electron chi connectivity index (χ2n) is 5.00. The molecule has 0 spiro atoms. The van der Waals surface area contributed by atoms with Gasteiger partial charge in [-0.2, -0.15) is 5.10 Å². The summed E-state index contributed by atoms with van der Waals surface area (Å²) in [5.74, 6) is 0.803. The lowest BCUT2D eigenvalue weighted by Crippen LogP contribution is -2.17. The van der Waals surface area contributed by atoms with Crippen molar-refractivity contribution in [3.8, 4) is 0 Å². The molecule has 1 N–H and O–H groups in total. The van der Waals surface area contributed by atoms with Gasteiger partial charge in [0.05, 0.1) is 6.10 Å². The zero-order chi connectivity index (χ0) is 13.9. The van der Waals surface area contributed by atoms with Gasteiger partial charge < -0.3 is 5.11 Å². The second kappa shape index (κ2) is 5.43. The number of aryl methyl sites for hydroxylation is 1. The summed E-state index contributed by atoms with van der Waals surface area (Å²) in [5.41, 5.74) is 1.16. The lowest BCUT2D eigenvalue weighted by molar-refractivity contribution is 0.172. The first-order valence-electron chi connectivity index (χ1n) is 6.71. The van der Waals surface area contributed by atoms with Gasteiger partial charge in [-0.1, -0.05) is 42.5 Å². The summed E-state index contributed by atoms with van der Waals surface area (Å²) in [6, 6.07) is 14.4. The first-order valence-corrected chi connectivity index (χ1v) is 6.71. The third-order valence-corrected chi connectivity index (χ3v) is 3.56. The van der Waals surface area contributed by atoms with Gasteiger partial charge in [-0.15, -0.1) is 0 Å². The highest BCUT2D eigenvalue weighted by atomic mass is 16.3. The van der Waals surface area contributed by atoms with Crippen LogP contribution in [0.3, 0.4) is 0 Å². The molecule has 0 fully saturated rings. The van der Waals surface area contributed by atoms with E-state index in [9.17, 15) is 5.11 Å². The summed E-state index contributed by atoms with van der Waals surface area (Å²) < 4.78 is 1.70. The number of hydrogen-bond donors (Lipinski definition) is 1. The fourth-order valence-corrected chi connectivity index (χ4v) is 2.51. The molecule has 2 aromatic carbocycles. The summed E-state index contributed by atoms with van der Waals surface area (Å²) >= 11 is 0. The van der Waals surface area contributed by atoms with Gasteiger partial charge in [0, 0.05) is 13.5 Å². The Balaban J connectivity index is 1.81. The van der Waals surface area contributed by atoms with Crippen LogP contribution in [-0.2, 0) is 19.9 Å². The Morgan fingerprint density at radius 3 is 2.70 bits per heavy atom. The van der Waals surface area contributed by atoms with Crippen molar-refractivity contribution in [1.82, 2.24) is 14.8 Å². The van der Waals surface area contributed by atoms with Crippen LogP contribution in [0, 0.1) is 0 Å². The number of aromatic nitrogens is 3. The molecule has 102 valence electrons. The Kier molecular flexibility index (Phi) is 3.48. The molecular formula is C16H17N3O. The van der Waals surface area contributed by atoms with Crippen molar-refractivity contribution in [3.63, 3.8) is 0 Å². The van der Waals surface area contributed by atoms with E-state index in [1.807, 2.05) is 25.2 Å². The monoisotopic (exact) mass is 267 g/mol. The summed E-state index contributed by atoms with van der Waals surface area (Å²) in [4.78, 5) is 4.15. The molecule has 20 heavy (non-hydrogen) atoms. The molecule has 0 saturated carbocycles. The molecule has 0 aliphatic rings. The van der Waals surface area contributed by atoms with Gasteiger partial charge >= 0.3 is 0 Å². The predicted molar refractivity (Wildman–Crippen MR) is 78.4 cm³/mol. The highest BCUT2D eigenvalue weighted by Crippen LogP contribution is 2.20. The van der Waals surface area contributed by atoms with E-state index in [4.69, 9.17) is 0 Å². The first-order chi connectivity index (χ1) is 9.74. The van der Waals surface area contributed by atoms with Crippen LogP contribution in [0.1, 0.15) is 11.4 Å². The number of aliphatic hydroxyl groups excluding tert-OH is 1. The Hall–Kier alpha value is -2.20. The number of fused-ring (bicyclic) bond motifs is 1. The molecular weight excluding hydrogens is 250 g/mol. The quantitative estimate of drug-likeness (QED) is 0.787. The molecule has 0 aliphatic carbocycles. The van der Waals surface area contributed by atoms with E-state index in [2.05, 4.69) is 34.3 Å². The minimum absolute atomic E-state index is 0.455. The number of rotatable bonds is 4. The van der Waals surface area contributed by atoms with Crippen molar-refractivity contribution in [3.05, 3.63) is 60.2 Å². The van der Waals surface area contributed by atoms with E-state index in [1.165, 1.54) is 17.1 Å². The molecule has 0 saturated heterocycles. The molecule has 3 rings (SSSR count). The normalized spacial score (nSPS) is 12.7. The van der Waals surface area contributed by atoms with Gasteiger partial charge in [0.25, 0.3) is 0 Å². The van der Waals surface area contributed by atoms with Gasteiger partial charge in [-0.25, -0.2) is 4.98 Å². The Bertz CT molecular complexity index is 715. The van der Waals surface area contributed by atoms with Crippen LogP contribution in [0.4, 0.5) is 0 Å². The number of aliphatic hydroxyl groups is 1. The summed E-state index contributed by atoms with van der Waals surface area (Å²) in [7, 11) is 1.84. The molecule has 4 nitrogen and oxygen atoms in total. The Morgan fingerprint density at radius 2 is 1.90 bits per heavy atom. The van der Waals surface area contributed by atoms with Crippen LogP contribution < -0.4 is 0 Å². The van der Waals surface area contributed by atoms with Gasteiger partial charge in [-0.05, 0) is 22.8 Å². The fraction of sp³-hybridized carbons (Fsp3) is 0.250. The zero-order valence-electron chi connectivity index (χ0n) is 11.4. The van der Waals surface area contributed by atoms with Crippen molar-refractivity contribution in [2.24, 2.45) is 7.05 Å². The molecule has 3 aromatic rings. The standard InChI is InChI=1S/C16H17N3O/c1-19-16(17-11-18-19)10-14(20)9-13-7-4-6-12-5-2-3-8-15(12)13/h2-8,11,14,20H,9-10H2,1H3. The van der Waals surface area contributed by atoms with E-state index >= 15 is 0 Å². The van der Waals surface area contributed by atoms with Crippen LogP contribution in [0.25, 0.3) is 10.8 Å². The van der Waals surface area contributed by atoms with Gasteiger partial charge in [0.15, 0.2) is 0 Å². The minimum Gasteiger partial charge on any atom is -0.392 e. The third-order valence-electron chi connectivity index (χ3n) is 3.56. The van der Waals surface area contributed by atoms with Crippen molar-refractivity contribution < 1.29 is 5.11 Å². The second-order valence-corrected chi connectivity index (χ2v) is 5.00. The molecule has 4 heteroatoms. The first kappa shape index (κ1) is 12.8. The van der Waals surface area contributed by atoms with Crippen LogP contribution in [0.2, 0.25) is 0 Å². The molecule has 0 aliphatic heterocycles. The molecule has 0 bridgehead atoms. The highest BCUT2D eigenvalue weighted by Gasteiger charge is 2.12. The van der Waals surface area contributed by atoms with Crippen LogP contribution in [-0.4, -0.2) is 26.0 Å². The lowest BCUT2D eigenvalue weighted by Gasteiger charge is -2.12. The van der Waals surface area contributed by atoms with Gasteiger partial charge in [0.1, 0.15) is 12.2 Å². The molecule has 1 aromatic heterocycles. The van der Waals surface area contributed by atoms with Crippen molar-refractivity contribution in [1.29, 1.82) is 0 Å². The van der Waals surface area contributed by atoms with E-state index in [1.54, 1.807) is 4.68 Å². The van der Waals surface area contributed by atoms with E-state index in [0.29, 0.717) is 12.8 Å². The van der Waals surface area contributed by atoms with E-state index in [-0.39, 0.29) is 0 Å². The zero-order valence-corrected chi connectivity index (χ0v) is 11.4. The van der Waals surface area contributed by atoms with Crippen molar-refractivity contribution in [2.75, 3.05) is 0 Å². The predicted octanol–water partition coefficient (Wildman–Crippen LogP) is 2.11. The maximum absolute atomic E-state index is 10.3. The SMILES string of the molecule is Cn1ncnc1CC(O)Cc1cccc2ccccc12. The molecule has 1 unspecified atom stereocenters. The molecule has 1 heterocycles. The number of benzene rings is 2. The summed E-state index contributed by atoms with van der Waals surface area (Å²) in [6.07, 6.45) is 2.19. The Morgan fingerprint density at radius 1 is 1.10 bits per heavy atom. The van der Waals surface area contributed by atoms with Crippen molar-refractivity contribution >= 4 is 10.8 Å². The maximum atomic E-state index is 10.3. The summed E-state index contributed by atoms with van der Waals surface area (Å²) in [5, 5.41) is 16.7. The van der Waals surface area contributed by atoms with Gasteiger partial charge in [-0.3, -0.25) is 4.68 Å².